The molecule has 1 aromatic carbocycles. The highest BCUT2D eigenvalue weighted by Gasteiger charge is 2.49. The maximum Gasteiger partial charge on any atom is 0.407 e. The first kappa shape index (κ1) is 24.3. The molecule has 1 fully saturated rings. The van der Waals surface area contributed by atoms with Crippen LogP contribution in [0.2, 0.25) is 0 Å². The van der Waals surface area contributed by atoms with Gasteiger partial charge in [0.2, 0.25) is 0 Å². The van der Waals surface area contributed by atoms with Crippen LogP contribution in [0.4, 0.5) is 4.79 Å². The first-order chi connectivity index (χ1) is 14.0. The molecule has 1 aliphatic heterocycles. The van der Waals surface area contributed by atoms with Crippen LogP contribution in [-0.4, -0.2) is 60.4 Å². The Morgan fingerprint density at radius 3 is 2.40 bits per heavy atom. The number of rotatable bonds is 8. The smallest absolute Gasteiger partial charge is 0.407 e. The number of carbonyl (C=O) groups excluding carboxylic acids is 1. The molecule has 0 spiro atoms. The number of hydrogen-bond donors (Lipinski definition) is 2. The van der Waals surface area contributed by atoms with Crippen molar-refractivity contribution in [3.05, 3.63) is 35.4 Å². The van der Waals surface area contributed by atoms with Crippen molar-refractivity contribution in [2.45, 2.75) is 46.3 Å². The van der Waals surface area contributed by atoms with E-state index in [1.165, 1.54) is 4.90 Å². The zero-order chi connectivity index (χ0) is 22.5. The average Bonchev–Trinajstić information content (AvgIpc) is 2.67. The summed E-state index contributed by atoms with van der Waals surface area (Å²) in [6.07, 6.45) is -0.894. The third kappa shape index (κ3) is 5.80. The van der Waals surface area contributed by atoms with E-state index in [1.807, 2.05) is 24.3 Å². The Hall–Kier alpha value is -1.96. The minimum absolute atomic E-state index is 0.00973. The zero-order valence-electron chi connectivity index (χ0n) is 18.7. The van der Waals surface area contributed by atoms with Gasteiger partial charge >= 0.3 is 6.09 Å². The van der Waals surface area contributed by atoms with E-state index in [0.717, 1.165) is 5.56 Å². The summed E-state index contributed by atoms with van der Waals surface area (Å²) in [6, 6.07) is 7.40. The molecule has 7 heteroatoms. The molecular formula is C23H35NO6. The third-order valence-corrected chi connectivity index (χ3v) is 5.64. The van der Waals surface area contributed by atoms with E-state index in [0.29, 0.717) is 31.3 Å². The van der Waals surface area contributed by atoms with Gasteiger partial charge in [0.25, 0.3) is 0 Å². The van der Waals surface area contributed by atoms with E-state index in [4.69, 9.17) is 9.47 Å². The summed E-state index contributed by atoms with van der Waals surface area (Å²) in [5, 5.41) is 20.9. The van der Waals surface area contributed by atoms with Crippen LogP contribution in [0.25, 0.3) is 0 Å². The molecule has 7 nitrogen and oxygen atoms in total. The highest BCUT2D eigenvalue weighted by atomic mass is 16.5. The molecule has 1 saturated heterocycles. The monoisotopic (exact) mass is 421 g/mol. The number of Topliss-reactive ketones (excluding diaryl/α,β-unsaturated/α-hetero) is 1. The Balaban J connectivity index is 2.17. The van der Waals surface area contributed by atoms with Crippen LogP contribution in [0.5, 0.6) is 0 Å². The Bertz CT molecular complexity index is 726. The lowest BCUT2D eigenvalue weighted by Crippen LogP contribution is -2.56. The number of aliphatic hydroxyl groups is 1. The summed E-state index contributed by atoms with van der Waals surface area (Å²) in [5.41, 5.74) is -0.490. The minimum Gasteiger partial charge on any atom is -0.465 e. The number of ketones is 1. The first-order valence-corrected chi connectivity index (χ1v) is 10.4. The van der Waals surface area contributed by atoms with Gasteiger partial charge in [-0.3, -0.25) is 4.79 Å². The van der Waals surface area contributed by atoms with Gasteiger partial charge in [0.1, 0.15) is 11.4 Å². The first-order valence-electron chi connectivity index (χ1n) is 10.4. The minimum atomic E-state index is -1.40. The van der Waals surface area contributed by atoms with Crippen molar-refractivity contribution < 1.29 is 29.3 Å². The predicted octanol–water partition coefficient (Wildman–Crippen LogP) is 3.29. The van der Waals surface area contributed by atoms with Crippen molar-refractivity contribution in [1.29, 1.82) is 0 Å². The molecule has 2 rings (SSSR count). The quantitative estimate of drug-likeness (QED) is 0.669. The number of nitrogens with zero attached hydrogens (tertiary/aromatic N) is 1. The van der Waals surface area contributed by atoms with Gasteiger partial charge in [-0.2, -0.15) is 0 Å². The lowest BCUT2D eigenvalue weighted by molar-refractivity contribution is -0.148. The summed E-state index contributed by atoms with van der Waals surface area (Å²) in [6.45, 7) is 9.28. The standard InChI is InChI=1S/C23H35NO6/c1-16(13-29-5)14-30-15-17-6-8-18(9-7-17)23(28)10-11-24(21(26)27)12-19(23)20(25)22(2,3)4/h6-9,16,19,28H,10-15H2,1-5H3,(H,26,27)/t16-,19+,23-/m0/s1. The summed E-state index contributed by atoms with van der Waals surface area (Å²) >= 11 is 0. The molecule has 0 bridgehead atoms. The molecule has 0 radical (unpaired) electrons. The van der Waals surface area contributed by atoms with Crippen molar-refractivity contribution in [3.63, 3.8) is 0 Å². The van der Waals surface area contributed by atoms with Crippen LogP contribution in [0.1, 0.15) is 45.2 Å². The largest absolute Gasteiger partial charge is 0.465 e. The van der Waals surface area contributed by atoms with E-state index in [1.54, 1.807) is 27.9 Å². The maximum atomic E-state index is 13.1. The molecule has 0 unspecified atom stereocenters. The van der Waals surface area contributed by atoms with E-state index < -0.39 is 23.0 Å². The van der Waals surface area contributed by atoms with Crippen molar-refractivity contribution in [1.82, 2.24) is 4.90 Å². The molecule has 0 saturated carbocycles. The Labute approximate surface area is 179 Å². The van der Waals surface area contributed by atoms with Gasteiger partial charge in [0.15, 0.2) is 0 Å². The molecule has 1 heterocycles. The molecule has 1 aromatic rings. The Morgan fingerprint density at radius 1 is 1.23 bits per heavy atom. The second-order valence-corrected chi connectivity index (χ2v) is 9.34. The number of amides is 1. The molecule has 0 aliphatic carbocycles. The summed E-state index contributed by atoms with van der Waals surface area (Å²) in [7, 11) is 1.67. The van der Waals surface area contributed by atoms with Gasteiger partial charge in [0.05, 0.1) is 25.7 Å². The van der Waals surface area contributed by atoms with Crippen LogP contribution in [0.3, 0.4) is 0 Å². The molecule has 3 atom stereocenters. The number of likely N-dealkylation sites (tertiary alicyclic amines) is 1. The van der Waals surface area contributed by atoms with Crippen molar-refractivity contribution in [2.75, 3.05) is 33.4 Å². The SMILES string of the molecule is COC[C@H](C)COCc1ccc([C@@]2(O)CCN(C(=O)O)C[C@@H]2C(=O)C(C)(C)C)cc1. The fraction of sp³-hybridized carbons (Fsp3) is 0.652. The molecule has 168 valence electrons. The molecule has 0 aromatic heterocycles. The second kappa shape index (κ2) is 9.90. The number of hydrogen-bond acceptors (Lipinski definition) is 5. The Kier molecular flexibility index (Phi) is 8.02. The van der Waals surface area contributed by atoms with Crippen molar-refractivity contribution in [3.8, 4) is 0 Å². The fourth-order valence-electron chi connectivity index (χ4n) is 3.88. The molecule has 30 heavy (non-hydrogen) atoms. The lowest BCUT2D eigenvalue weighted by Gasteiger charge is -2.45. The summed E-state index contributed by atoms with van der Waals surface area (Å²) < 4.78 is 10.8. The van der Waals surface area contributed by atoms with E-state index in [9.17, 15) is 19.8 Å². The number of methoxy groups -OCH3 is 1. The summed E-state index contributed by atoms with van der Waals surface area (Å²) in [5.74, 6) is -0.659. The number of ether oxygens (including phenoxy) is 2. The highest BCUT2D eigenvalue weighted by molar-refractivity contribution is 5.88. The predicted molar refractivity (Wildman–Crippen MR) is 113 cm³/mol. The van der Waals surface area contributed by atoms with Gasteiger partial charge in [0, 0.05) is 31.5 Å². The van der Waals surface area contributed by atoms with Gasteiger partial charge in [-0.15, -0.1) is 0 Å². The lowest BCUT2D eigenvalue weighted by atomic mass is 9.68. The Morgan fingerprint density at radius 2 is 1.87 bits per heavy atom. The third-order valence-electron chi connectivity index (χ3n) is 5.64. The van der Waals surface area contributed by atoms with Gasteiger partial charge in [-0.25, -0.2) is 4.79 Å². The maximum absolute atomic E-state index is 13.1. The number of benzene rings is 1. The second-order valence-electron chi connectivity index (χ2n) is 9.34. The normalized spacial score (nSPS) is 23.3. The van der Waals surface area contributed by atoms with Crippen molar-refractivity contribution >= 4 is 11.9 Å². The summed E-state index contributed by atoms with van der Waals surface area (Å²) in [4.78, 5) is 25.8. The zero-order valence-corrected chi connectivity index (χ0v) is 18.7. The topological polar surface area (TPSA) is 96.3 Å². The molecule has 1 aliphatic rings. The number of carboxylic acid groups (broad SMARTS) is 1. The van der Waals surface area contributed by atoms with Crippen molar-refractivity contribution in [2.24, 2.45) is 17.3 Å². The van der Waals surface area contributed by atoms with E-state index in [2.05, 4.69) is 6.92 Å². The van der Waals surface area contributed by atoms with Crippen LogP contribution in [0.15, 0.2) is 24.3 Å². The number of piperidine rings is 1. The fourth-order valence-corrected chi connectivity index (χ4v) is 3.88. The van der Waals surface area contributed by atoms with Gasteiger partial charge in [-0.1, -0.05) is 52.0 Å². The van der Waals surface area contributed by atoms with Gasteiger partial charge < -0.3 is 24.6 Å². The molecular weight excluding hydrogens is 386 g/mol. The van der Waals surface area contributed by atoms with Gasteiger partial charge in [-0.05, 0) is 17.5 Å². The van der Waals surface area contributed by atoms with Crippen LogP contribution in [-0.2, 0) is 26.5 Å². The van der Waals surface area contributed by atoms with E-state index >= 15 is 0 Å². The highest BCUT2D eigenvalue weighted by Crippen LogP contribution is 2.41. The van der Waals surface area contributed by atoms with Crippen LogP contribution in [0, 0.1) is 17.3 Å². The number of carbonyl (C=O) groups is 2. The molecule has 2 N–H and O–H groups in total. The van der Waals surface area contributed by atoms with E-state index in [-0.39, 0.29) is 25.3 Å². The molecule has 1 amide bonds. The van der Waals surface area contributed by atoms with Crippen LogP contribution >= 0.6 is 0 Å². The van der Waals surface area contributed by atoms with Crippen LogP contribution < -0.4 is 0 Å². The average molecular weight is 422 g/mol.